The van der Waals surface area contributed by atoms with Crippen LogP contribution in [0.1, 0.15) is 5.89 Å². The monoisotopic (exact) mass is 337 g/mol. The van der Waals surface area contributed by atoms with Gasteiger partial charge >= 0.3 is 0 Å². The number of halogens is 1. The number of oxazole rings is 1. The summed E-state index contributed by atoms with van der Waals surface area (Å²) >= 11 is 6.00. The van der Waals surface area contributed by atoms with E-state index in [4.69, 9.17) is 16.0 Å². The molecule has 0 aliphatic rings. The second-order valence-corrected chi connectivity index (χ2v) is 5.57. The van der Waals surface area contributed by atoms with Gasteiger partial charge in [0, 0.05) is 16.1 Å². The molecular formula is C17H12ClN5O. The number of aromatic nitrogens is 5. The molecule has 4 rings (SSSR count). The summed E-state index contributed by atoms with van der Waals surface area (Å²) in [7, 11) is 0. The first-order valence-corrected chi connectivity index (χ1v) is 7.69. The van der Waals surface area contributed by atoms with Gasteiger partial charge < -0.3 is 4.42 Å². The molecule has 0 amide bonds. The highest BCUT2D eigenvalue weighted by atomic mass is 35.5. The van der Waals surface area contributed by atoms with Crippen molar-refractivity contribution in [3.8, 4) is 22.7 Å². The number of rotatable bonds is 4. The molecule has 4 aromatic rings. The Balaban J connectivity index is 1.54. The maximum absolute atomic E-state index is 6.00. The summed E-state index contributed by atoms with van der Waals surface area (Å²) in [4.78, 5) is 5.72. The van der Waals surface area contributed by atoms with Crippen molar-refractivity contribution in [2.45, 2.75) is 6.54 Å². The van der Waals surface area contributed by atoms with Crippen molar-refractivity contribution in [2.24, 2.45) is 0 Å². The second-order valence-electron chi connectivity index (χ2n) is 5.14. The van der Waals surface area contributed by atoms with Gasteiger partial charge in [0.05, 0.1) is 6.20 Å². The van der Waals surface area contributed by atoms with E-state index in [0.717, 1.165) is 11.1 Å². The van der Waals surface area contributed by atoms with Gasteiger partial charge in [-0.15, -0.1) is 10.2 Å². The van der Waals surface area contributed by atoms with Crippen molar-refractivity contribution in [1.29, 1.82) is 0 Å². The molecule has 0 atom stereocenters. The van der Waals surface area contributed by atoms with E-state index in [-0.39, 0.29) is 0 Å². The van der Waals surface area contributed by atoms with Crippen LogP contribution in [0.15, 0.2) is 65.2 Å². The number of nitrogens with zero attached hydrogens (tertiary/aromatic N) is 5. The minimum absolute atomic E-state index is 0.306. The molecule has 2 heterocycles. The van der Waals surface area contributed by atoms with Crippen molar-refractivity contribution in [3.63, 3.8) is 0 Å². The molecule has 24 heavy (non-hydrogen) atoms. The molecule has 7 heteroatoms. The zero-order chi connectivity index (χ0) is 16.4. The van der Waals surface area contributed by atoms with Crippen molar-refractivity contribution in [1.82, 2.24) is 25.2 Å². The quantitative estimate of drug-likeness (QED) is 0.568. The van der Waals surface area contributed by atoms with Crippen molar-refractivity contribution < 1.29 is 4.42 Å². The van der Waals surface area contributed by atoms with Gasteiger partial charge in [-0.2, -0.15) is 4.80 Å². The van der Waals surface area contributed by atoms with E-state index in [1.165, 1.54) is 4.80 Å². The topological polar surface area (TPSA) is 69.6 Å². The third kappa shape index (κ3) is 3.04. The van der Waals surface area contributed by atoms with Gasteiger partial charge in [0.15, 0.2) is 5.76 Å². The Morgan fingerprint density at radius 3 is 2.67 bits per heavy atom. The normalized spacial score (nSPS) is 10.9. The van der Waals surface area contributed by atoms with E-state index in [9.17, 15) is 0 Å². The molecule has 0 spiro atoms. The fourth-order valence-corrected chi connectivity index (χ4v) is 2.48. The Kier molecular flexibility index (Phi) is 3.80. The Morgan fingerprint density at radius 2 is 1.83 bits per heavy atom. The Hall–Kier alpha value is -2.99. The molecule has 0 aliphatic carbocycles. The molecule has 6 nitrogen and oxygen atoms in total. The van der Waals surface area contributed by atoms with Crippen LogP contribution in [0.2, 0.25) is 5.02 Å². The summed E-state index contributed by atoms with van der Waals surface area (Å²) in [6.45, 7) is 0.306. The first-order valence-electron chi connectivity index (χ1n) is 7.32. The maximum atomic E-state index is 6.00. The largest absolute Gasteiger partial charge is 0.439 e. The Bertz CT molecular complexity index is 964. The average Bonchev–Trinajstić information content (AvgIpc) is 3.26. The molecule has 0 radical (unpaired) electrons. The molecule has 0 saturated heterocycles. The third-order valence-electron chi connectivity index (χ3n) is 3.42. The highest BCUT2D eigenvalue weighted by Gasteiger charge is 2.10. The first kappa shape index (κ1) is 14.6. The lowest BCUT2D eigenvalue weighted by Crippen LogP contribution is -2.04. The van der Waals surface area contributed by atoms with Crippen LogP contribution >= 0.6 is 11.6 Å². The summed E-state index contributed by atoms with van der Waals surface area (Å²) in [5, 5.41) is 13.1. The third-order valence-corrected chi connectivity index (χ3v) is 3.66. The highest BCUT2D eigenvalue weighted by Crippen LogP contribution is 2.23. The molecule has 118 valence electrons. The molecule has 0 bridgehead atoms. The summed E-state index contributed by atoms with van der Waals surface area (Å²) in [5.41, 5.74) is 1.79. The van der Waals surface area contributed by atoms with E-state index < -0.39 is 0 Å². The minimum atomic E-state index is 0.306. The van der Waals surface area contributed by atoms with E-state index in [1.807, 2.05) is 54.6 Å². The molecule has 0 saturated carbocycles. The van der Waals surface area contributed by atoms with Gasteiger partial charge in [-0.1, -0.05) is 54.1 Å². The molecule has 0 fully saturated rings. The lowest BCUT2D eigenvalue weighted by atomic mass is 10.2. The minimum Gasteiger partial charge on any atom is -0.439 e. The van der Waals surface area contributed by atoms with Gasteiger partial charge in [-0.25, -0.2) is 4.98 Å². The van der Waals surface area contributed by atoms with Crippen molar-refractivity contribution in [2.75, 3.05) is 0 Å². The molecular weight excluding hydrogens is 326 g/mol. The zero-order valence-corrected chi connectivity index (χ0v) is 13.3. The van der Waals surface area contributed by atoms with Gasteiger partial charge in [0.1, 0.15) is 6.54 Å². The van der Waals surface area contributed by atoms with Crippen LogP contribution in [0, 0.1) is 0 Å². The molecule has 0 N–H and O–H groups in total. The standard InChI is InChI=1S/C17H12ClN5O/c18-14-8-4-7-13(9-14)15-10-19-16(24-15)11-23-21-17(20-22-23)12-5-2-1-3-6-12/h1-10H,11H2. The SMILES string of the molecule is Clc1cccc(-c2cnc(Cn3nnc(-c4ccccc4)n3)o2)c1. The number of benzene rings is 2. The molecule has 2 aromatic carbocycles. The van der Waals surface area contributed by atoms with Crippen molar-refractivity contribution >= 4 is 11.6 Å². The van der Waals surface area contributed by atoms with Gasteiger partial charge in [-0.3, -0.25) is 0 Å². The predicted molar refractivity (Wildman–Crippen MR) is 89.3 cm³/mol. The predicted octanol–water partition coefficient (Wildman–Crippen LogP) is 3.70. The summed E-state index contributed by atoms with van der Waals surface area (Å²) in [6.07, 6.45) is 1.66. The zero-order valence-electron chi connectivity index (χ0n) is 12.5. The number of hydrogen-bond donors (Lipinski definition) is 0. The van der Waals surface area contributed by atoms with Gasteiger partial charge in [0.2, 0.25) is 11.7 Å². The molecule has 2 aromatic heterocycles. The van der Waals surface area contributed by atoms with E-state index in [0.29, 0.717) is 29.0 Å². The van der Waals surface area contributed by atoms with E-state index in [2.05, 4.69) is 20.4 Å². The highest BCUT2D eigenvalue weighted by molar-refractivity contribution is 6.30. The summed E-state index contributed by atoms with van der Waals surface area (Å²) in [6, 6.07) is 17.1. The van der Waals surface area contributed by atoms with Crippen LogP contribution < -0.4 is 0 Å². The number of hydrogen-bond acceptors (Lipinski definition) is 5. The fraction of sp³-hybridized carbons (Fsp3) is 0.0588. The Morgan fingerprint density at radius 1 is 1.00 bits per heavy atom. The number of tetrazole rings is 1. The van der Waals surface area contributed by atoms with Crippen LogP contribution in [-0.4, -0.2) is 25.2 Å². The maximum Gasteiger partial charge on any atom is 0.218 e. The lowest BCUT2D eigenvalue weighted by Gasteiger charge is -1.97. The fourth-order valence-electron chi connectivity index (χ4n) is 2.29. The summed E-state index contributed by atoms with van der Waals surface area (Å²) in [5.74, 6) is 1.72. The Labute approximate surface area is 142 Å². The lowest BCUT2D eigenvalue weighted by molar-refractivity contribution is 0.446. The van der Waals surface area contributed by atoms with Crippen LogP contribution in [0.4, 0.5) is 0 Å². The smallest absolute Gasteiger partial charge is 0.218 e. The van der Waals surface area contributed by atoms with Gasteiger partial charge in [0.25, 0.3) is 0 Å². The van der Waals surface area contributed by atoms with E-state index in [1.54, 1.807) is 6.20 Å². The van der Waals surface area contributed by atoms with Crippen LogP contribution in [0.5, 0.6) is 0 Å². The second kappa shape index (κ2) is 6.25. The first-order chi connectivity index (χ1) is 11.8. The van der Waals surface area contributed by atoms with E-state index >= 15 is 0 Å². The average molecular weight is 338 g/mol. The van der Waals surface area contributed by atoms with Crippen LogP contribution in [-0.2, 0) is 6.54 Å². The van der Waals surface area contributed by atoms with Crippen molar-refractivity contribution in [3.05, 3.63) is 71.7 Å². The summed E-state index contributed by atoms with van der Waals surface area (Å²) < 4.78 is 5.75. The molecule has 0 aliphatic heterocycles. The van der Waals surface area contributed by atoms with Crippen LogP contribution in [0.3, 0.4) is 0 Å². The molecule has 0 unspecified atom stereocenters. The van der Waals surface area contributed by atoms with Crippen LogP contribution in [0.25, 0.3) is 22.7 Å². The van der Waals surface area contributed by atoms with Gasteiger partial charge in [-0.05, 0) is 17.3 Å².